The summed E-state index contributed by atoms with van der Waals surface area (Å²) in [6, 6.07) is 3.84. The van der Waals surface area contributed by atoms with Crippen LogP contribution < -0.4 is 4.90 Å². The molecule has 1 aliphatic heterocycles. The van der Waals surface area contributed by atoms with Gasteiger partial charge in [0.15, 0.2) is 5.82 Å². The maximum absolute atomic E-state index is 12.9. The lowest BCUT2D eigenvalue weighted by molar-refractivity contribution is 0.00733. The minimum absolute atomic E-state index is 0.101. The number of nitrogens with zero attached hydrogens (tertiary/aromatic N) is 7. The highest BCUT2D eigenvalue weighted by Crippen LogP contribution is 2.30. The summed E-state index contributed by atoms with van der Waals surface area (Å²) in [7, 11) is 0. The molecule has 2 fully saturated rings. The number of hydrogen-bond donors (Lipinski definition) is 0. The highest BCUT2D eigenvalue weighted by molar-refractivity contribution is 5.68. The molecular weight excluding hydrogens is 370 g/mol. The first-order valence-corrected chi connectivity index (χ1v) is 10.4. The molecule has 3 rings (SSSR count). The van der Waals surface area contributed by atoms with Crippen LogP contribution in [0.5, 0.6) is 0 Å². The van der Waals surface area contributed by atoms with Crippen molar-refractivity contribution in [3.63, 3.8) is 0 Å². The van der Waals surface area contributed by atoms with E-state index < -0.39 is 5.60 Å². The zero-order valence-corrected chi connectivity index (χ0v) is 17.6. The van der Waals surface area contributed by atoms with Crippen molar-refractivity contribution in [3.8, 4) is 0 Å². The van der Waals surface area contributed by atoms with Crippen molar-refractivity contribution < 1.29 is 9.53 Å². The van der Waals surface area contributed by atoms with Crippen LogP contribution in [0.25, 0.3) is 10.4 Å². The molecule has 1 aromatic rings. The van der Waals surface area contributed by atoms with E-state index in [0.29, 0.717) is 11.6 Å². The van der Waals surface area contributed by atoms with E-state index in [9.17, 15) is 4.79 Å². The number of azide groups is 1. The van der Waals surface area contributed by atoms with Crippen molar-refractivity contribution in [2.75, 3.05) is 24.5 Å². The average Bonchev–Trinajstić information content (AvgIpc) is 2.64. The number of rotatable bonds is 6. The lowest BCUT2D eigenvalue weighted by Gasteiger charge is -2.42. The number of aromatic nitrogens is 2. The fourth-order valence-corrected chi connectivity index (χ4v) is 3.77. The maximum Gasteiger partial charge on any atom is 0.410 e. The van der Waals surface area contributed by atoms with Crippen LogP contribution in [0, 0.1) is 5.92 Å². The number of piperidine rings is 1. The molecule has 1 amide bonds. The van der Waals surface area contributed by atoms with Crippen LogP contribution in [0.1, 0.15) is 58.6 Å². The Labute approximate surface area is 172 Å². The molecule has 0 spiro atoms. The van der Waals surface area contributed by atoms with Crippen LogP contribution in [0.15, 0.2) is 17.2 Å². The molecule has 1 atom stereocenters. The molecule has 0 N–H and O–H groups in total. The van der Waals surface area contributed by atoms with Gasteiger partial charge >= 0.3 is 6.09 Å². The molecule has 1 aliphatic carbocycles. The predicted molar refractivity (Wildman–Crippen MR) is 110 cm³/mol. The minimum Gasteiger partial charge on any atom is -0.444 e. The average molecular weight is 402 g/mol. The number of amides is 1. The van der Waals surface area contributed by atoms with E-state index in [1.165, 1.54) is 19.3 Å². The van der Waals surface area contributed by atoms with Gasteiger partial charge in [0.25, 0.3) is 0 Å². The Hall–Kier alpha value is -2.54. The van der Waals surface area contributed by atoms with Crippen molar-refractivity contribution in [2.24, 2.45) is 11.0 Å². The van der Waals surface area contributed by atoms with Gasteiger partial charge in [0, 0.05) is 24.5 Å². The molecule has 1 saturated carbocycles. The van der Waals surface area contributed by atoms with Gasteiger partial charge in [0.2, 0.25) is 0 Å². The van der Waals surface area contributed by atoms with Crippen molar-refractivity contribution >= 4 is 11.9 Å². The van der Waals surface area contributed by atoms with Crippen LogP contribution in [0.4, 0.5) is 10.6 Å². The van der Waals surface area contributed by atoms with Crippen molar-refractivity contribution in [1.29, 1.82) is 0 Å². The predicted octanol–water partition coefficient (Wildman–Crippen LogP) is 4.29. The molecule has 1 aromatic heterocycles. The van der Waals surface area contributed by atoms with Gasteiger partial charge in [-0.15, -0.1) is 5.10 Å². The zero-order chi connectivity index (χ0) is 20.9. The molecule has 0 unspecified atom stereocenters. The van der Waals surface area contributed by atoms with Crippen LogP contribution in [-0.4, -0.2) is 52.5 Å². The van der Waals surface area contributed by atoms with E-state index in [2.05, 4.69) is 25.1 Å². The Morgan fingerprint density at radius 1 is 1.31 bits per heavy atom. The third kappa shape index (κ3) is 5.97. The number of hydrogen-bond acceptors (Lipinski definition) is 6. The molecule has 2 aliphatic rings. The molecule has 29 heavy (non-hydrogen) atoms. The van der Waals surface area contributed by atoms with Crippen LogP contribution in [0.2, 0.25) is 0 Å². The molecular formula is C20H31N7O2. The van der Waals surface area contributed by atoms with Gasteiger partial charge in [0.05, 0.1) is 18.3 Å². The maximum atomic E-state index is 12.9. The second-order valence-corrected chi connectivity index (χ2v) is 8.94. The Balaban J connectivity index is 1.69. The summed E-state index contributed by atoms with van der Waals surface area (Å²) < 4.78 is 5.72. The van der Waals surface area contributed by atoms with E-state index in [1.54, 1.807) is 0 Å². The summed E-state index contributed by atoms with van der Waals surface area (Å²) in [5.74, 6) is 1.37. The highest BCUT2D eigenvalue weighted by atomic mass is 16.6. The largest absolute Gasteiger partial charge is 0.444 e. The molecule has 2 heterocycles. The van der Waals surface area contributed by atoms with Gasteiger partial charge < -0.3 is 14.5 Å². The molecule has 0 radical (unpaired) electrons. The van der Waals surface area contributed by atoms with Crippen molar-refractivity contribution in [2.45, 2.75) is 71.1 Å². The summed E-state index contributed by atoms with van der Waals surface area (Å²) in [5.41, 5.74) is 8.56. The summed E-state index contributed by atoms with van der Waals surface area (Å²) in [6.45, 7) is 8.29. The number of carbonyl (C=O) groups excluding carboxylic acids is 1. The highest BCUT2D eigenvalue weighted by Gasteiger charge is 2.34. The molecule has 158 valence electrons. The molecule has 1 saturated heterocycles. The second-order valence-electron chi connectivity index (χ2n) is 8.94. The third-order valence-electron chi connectivity index (χ3n) is 5.47. The number of anilines is 1. The standard InChI is InChI=1S/C20H31N7O2/c1-20(2,3)29-19(28)27(13-15-6-4-7-15)17-8-5-11-26(14-17)18-10-9-16(23-24-18)12-22-25-21/h9-10,15,17H,4-8,11-14H2,1-3H3/t17-/m1/s1. The van der Waals surface area contributed by atoms with Gasteiger partial charge in [-0.3, -0.25) is 0 Å². The van der Waals surface area contributed by atoms with Gasteiger partial charge in [-0.05, 0) is 70.0 Å². The first-order valence-electron chi connectivity index (χ1n) is 10.4. The van der Waals surface area contributed by atoms with E-state index in [0.717, 1.165) is 38.3 Å². The smallest absolute Gasteiger partial charge is 0.410 e. The first kappa shape index (κ1) is 21.2. The van der Waals surface area contributed by atoms with Crippen LogP contribution in [-0.2, 0) is 11.3 Å². The van der Waals surface area contributed by atoms with Crippen LogP contribution in [0.3, 0.4) is 0 Å². The van der Waals surface area contributed by atoms with E-state index in [4.69, 9.17) is 10.3 Å². The minimum atomic E-state index is -0.503. The monoisotopic (exact) mass is 401 g/mol. The molecule has 9 heteroatoms. The molecule has 9 nitrogen and oxygen atoms in total. The number of ether oxygens (including phenoxy) is 1. The second kappa shape index (κ2) is 9.31. The zero-order valence-electron chi connectivity index (χ0n) is 17.6. The fourth-order valence-electron chi connectivity index (χ4n) is 3.77. The molecule has 0 bridgehead atoms. The Bertz CT molecular complexity index is 736. The Morgan fingerprint density at radius 3 is 2.69 bits per heavy atom. The Kier molecular flexibility index (Phi) is 6.79. The SMILES string of the molecule is CC(C)(C)OC(=O)N(CC1CCC1)[C@@H]1CCCN(c2ccc(CN=[N+]=[N-])nn2)C1. The van der Waals surface area contributed by atoms with Crippen LogP contribution >= 0.6 is 0 Å². The van der Waals surface area contributed by atoms with Gasteiger partial charge in [-0.1, -0.05) is 11.5 Å². The topological polar surface area (TPSA) is 107 Å². The first-order chi connectivity index (χ1) is 13.9. The van der Waals surface area contributed by atoms with Crippen molar-refractivity contribution in [3.05, 3.63) is 28.3 Å². The van der Waals surface area contributed by atoms with E-state index in [1.807, 2.05) is 37.8 Å². The van der Waals surface area contributed by atoms with Gasteiger partial charge in [-0.25, -0.2) is 4.79 Å². The normalized spacial score (nSPS) is 19.8. The van der Waals surface area contributed by atoms with E-state index >= 15 is 0 Å². The van der Waals surface area contributed by atoms with Crippen molar-refractivity contribution in [1.82, 2.24) is 15.1 Å². The summed E-state index contributed by atoms with van der Waals surface area (Å²) in [4.78, 5) is 19.8. The molecule has 0 aromatic carbocycles. The Morgan fingerprint density at radius 2 is 2.10 bits per heavy atom. The lowest BCUT2D eigenvalue weighted by atomic mass is 9.84. The third-order valence-corrected chi connectivity index (χ3v) is 5.47. The summed E-state index contributed by atoms with van der Waals surface area (Å²) >= 11 is 0. The summed E-state index contributed by atoms with van der Waals surface area (Å²) in [6.07, 6.45) is 5.36. The van der Waals surface area contributed by atoms with Gasteiger partial charge in [-0.2, -0.15) is 5.10 Å². The number of carbonyl (C=O) groups is 1. The fraction of sp³-hybridized carbons (Fsp3) is 0.750. The van der Waals surface area contributed by atoms with Gasteiger partial charge in [0.1, 0.15) is 5.60 Å². The quantitative estimate of drug-likeness (QED) is 0.401. The summed E-state index contributed by atoms with van der Waals surface area (Å²) in [5, 5.41) is 12.0. The lowest BCUT2D eigenvalue weighted by Crippen LogP contribution is -2.53. The van der Waals surface area contributed by atoms with E-state index in [-0.39, 0.29) is 18.7 Å².